The fourth-order valence-corrected chi connectivity index (χ4v) is 5.13. The van der Waals surface area contributed by atoms with Gasteiger partial charge in [0.05, 0.1) is 30.4 Å². The third-order valence-corrected chi connectivity index (χ3v) is 7.29. The van der Waals surface area contributed by atoms with Gasteiger partial charge in [0.2, 0.25) is 0 Å². The first-order valence-electron chi connectivity index (χ1n) is 11.6. The summed E-state index contributed by atoms with van der Waals surface area (Å²) in [7, 11) is 3.63. The van der Waals surface area contributed by atoms with Gasteiger partial charge in [-0.1, -0.05) is 24.6 Å². The molecule has 3 heterocycles. The van der Waals surface area contributed by atoms with Crippen LogP contribution in [0.25, 0.3) is 10.9 Å². The summed E-state index contributed by atoms with van der Waals surface area (Å²) < 4.78 is 13.7. The number of amides is 1. The van der Waals surface area contributed by atoms with Crippen molar-refractivity contribution >= 4 is 46.5 Å². The molecule has 1 amide bonds. The lowest BCUT2D eigenvalue weighted by molar-refractivity contribution is 0.0998. The van der Waals surface area contributed by atoms with Crippen molar-refractivity contribution in [1.29, 1.82) is 0 Å². The smallest absolute Gasteiger partial charge is 0.261 e. The lowest BCUT2D eigenvalue weighted by Crippen LogP contribution is -2.35. The molecule has 3 aromatic rings. The second-order valence-electron chi connectivity index (χ2n) is 9.14. The summed E-state index contributed by atoms with van der Waals surface area (Å²) in [5.41, 5.74) is 3.53. The molecular weight excluding hydrogens is 473 g/mol. The number of rotatable bonds is 6. The Morgan fingerprint density at radius 2 is 1.85 bits per heavy atom. The number of aromatic nitrogens is 1. The van der Waals surface area contributed by atoms with Crippen LogP contribution in [0.1, 0.15) is 35.8 Å². The van der Waals surface area contributed by atoms with Gasteiger partial charge in [-0.2, -0.15) is 0 Å². The fourth-order valence-electron chi connectivity index (χ4n) is 4.97. The molecule has 0 atom stereocenters. The van der Waals surface area contributed by atoms with E-state index in [-0.39, 0.29) is 18.3 Å². The van der Waals surface area contributed by atoms with Gasteiger partial charge in [0.1, 0.15) is 6.61 Å². The molecule has 0 aliphatic carbocycles. The Morgan fingerprint density at radius 3 is 2.59 bits per heavy atom. The number of anilines is 1. The average molecular weight is 504 g/mol. The predicted molar refractivity (Wildman–Crippen MR) is 139 cm³/mol. The Morgan fingerprint density at radius 1 is 1.09 bits per heavy atom. The van der Waals surface area contributed by atoms with Crippen LogP contribution in [0.3, 0.4) is 0 Å². The number of carbonyl (C=O) groups excluding carboxylic acids is 1. The number of halogens is 2. The maximum atomic E-state index is 13.4. The minimum absolute atomic E-state index is 0. The minimum atomic E-state index is -0.00326. The minimum Gasteiger partial charge on any atom is -0.493 e. The normalized spacial score (nSPS) is 16.6. The van der Waals surface area contributed by atoms with Gasteiger partial charge in [0.15, 0.2) is 11.5 Å². The average Bonchev–Trinajstić information content (AvgIpc) is 3.29. The number of aryl methyl sites for hydroxylation is 1. The molecule has 0 spiro atoms. The molecule has 0 radical (unpaired) electrons. The number of likely N-dealkylation sites (tertiary alicyclic amines) is 1. The summed E-state index contributed by atoms with van der Waals surface area (Å²) in [4.78, 5) is 17.7. The second-order valence-corrected chi connectivity index (χ2v) is 9.58. The van der Waals surface area contributed by atoms with Crippen molar-refractivity contribution in [3.05, 3.63) is 52.7 Å². The Hall–Kier alpha value is -2.41. The van der Waals surface area contributed by atoms with Crippen LogP contribution in [-0.4, -0.2) is 48.7 Å². The van der Waals surface area contributed by atoms with Crippen LogP contribution in [0.2, 0.25) is 5.02 Å². The quantitative estimate of drug-likeness (QED) is 0.443. The molecule has 0 bridgehead atoms. The maximum absolute atomic E-state index is 13.4. The molecule has 1 aromatic heterocycles. The van der Waals surface area contributed by atoms with E-state index in [4.69, 9.17) is 21.1 Å². The van der Waals surface area contributed by atoms with Crippen LogP contribution in [0.4, 0.5) is 5.69 Å². The monoisotopic (exact) mass is 503 g/mol. The number of methoxy groups -OCH3 is 1. The summed E-state index contributed by atoms with van der Waals surface area (Å²) >= 11 is 6.18. The SMILES string of the molecule is COc1ccc(N2Cc3c(c4ccc(Cl)cc4n3C)C2=O)cc1OCCN1CCC(C)CC1.Cl. The molecule has 34 heavy (non-hydrogen) atoms. The van der Waals surface area contributed by atoms with E-state index in [1.54, 1.807) is 12.0 Å². The van der Waals surface area contributed by atoms with Crippen LogP contribution in [0.5, 0.6) is 11.5 Å². The van der Waals surface area contributed by atoms with Crippen molar-refractivity contribution in [2.45, 2.75) is 26.3 Å². The summed E-state index contributed by atoms with van der Waals surface area (Å²) in [5.74, 6) is 2.16. The van der Waals surface area contributed by atoms with E-state index in [9.17, 15) is 4.79 Å². The third kappa shape index (κ3) is 4.47. The Balaban J connectivity index is 0.00000274. The van der Waals surface area contributed by atoms with Crippen molar-refractivity contribution in [1.82, 2.24) is 9.47 Å². The van der Waals surface area contributed by atoms with Gasteiger partial charge in [-0.3, -0.25) is 9.69 Å². The Bertz CT molecular complexity index is 1200. The first-order chi connectivity index (χ1) is 16.0. The number of benzene rings is 2. The molecule has 1 fully saturated rings. The Labute approximate surface area is 211 Å². The molecule has 1 saturated heterocycles. The van der Waals surface area contributed by atoms with Crippen LogP contribution in [0, 0.1) is 5.92 Å². The van der Waals surface area contributed by atoms with Gasteiger partial charge in [-0.05, 0) is 56.1 Å². The molecule has 2 aliphatic heterocycles. The zero-order valence-corrected chi connectivity index (χ0v) is 21.4. The topological polar surface area (TPSA) is 46.9 Å². The van der Waals surface area contributed by atoms with E-state index in [1.807, 2.05) is 43.4 Å². The zero-order valence-electron chi connectivity index (χ0n) is 19.8. The lowest BCUT2D eigenvalue weighted by atomic mass is 9.99. The van der Waals surface area contributed by atoms with Crippen molar-refractivity contribution in [2.24, 2.45) is 13.0 Å². The van der Waals surface area contributed by atoms with E-state index in [1.165, 1.54) is 12.8 Å². The van der Waals surface area contributed by atoms with E-state index < -0.39 is 0 Å². The van der Waals surface area contributed by atoms with Crippen LogP contribution in [0.15, 0.2) is 36.4 Å². The second kappa shape index (κ2) is 10.1. The van der Waals surface area contributed by atoms with Crippen molar-refractivity contribution in [2.75, 3.05) is 38.3 Å². The highest BCUT2D eigenvalue weighted by Crippen LogP contribution is 2.39. The number of hydrogen-bond acceptors (Lipinski definition) is 4. The number of ether oxygens (including phenoxy) is 2. The van der Waals surface area contributed by atoms with E-state index in [0.29, 0.717) is 29.7 Å². The molecule has 0 N–H and O–H groups in total. The van der Waals surface area contributed by atoms with Gasteiger partial charge in [-0.25, -0.2) is 0 Å². The molecule has 2 aromatic carbocycles. The number of fused-ring (bicyclic) bond motifs is 3. The van der Waals surface area contributed by atoms with Crippen LogP contribution < -0.4 is 14.4 Å². The standard InChI is InChI=1S/C26H30ClN3O3.ClH/c1-17-8-10-29(11-9-17)12-13-33-24-15-19(5-7-23(24)32-3)30-16-22-25(26(30)31)20-6-4-18(27)14-21(20)28(22)2;/h4-7,14-15,17H,8-13,16H2,1-3H3;1H. The largest absolute Gasteiger partial charge is 0.493 e. The maximum Gasteiger partial charge on any atom is 0.261 e. The number of piperidine rings is 1. The molecule has 0 saturated carbocycles. The van der Waals surface area contributed by atoms with Crippen molar-refractivity contribution in [3.8, 4) is 11.5 Å². The highest BCUT2D eigenvalue weighted by Gasteiger charge is 2.34. The van der Waals surface area contributed by atoms with Gasteiger partial charge in [-0.15, -0.1) is 12.4 Å². The van der Waals surface area contributed by atoms with Crippen LogP contribution in [-0.2, 0) is 13.6 Å². The van der Waals surface area contributed by atoms with Crippen molar-refractivity contribution < 1.29 is 14.3 Å². The predicted octanol–water partition coefficient (Wildman–Crippen LogP) is 5.53. The highest BCUT2D eigenvalue weighted by molar-refractivity contribution is 6.31. The molecule has 5 rings (SSSR count). The molecular formula is C26H31Cl2N3O3. The number of hydrogen-bond donors (Lipinski definition) is 0. The molecule has 182 valence electrons. The molecule has 6 nitrogen and oxygen atoms in total. The van der Waals surface area contributed by atoms with Gasteiger partial charge < -0.3 is 18.9 Å². The molecule has 2 aliphatic rings. The molecule has 0 unspecified atom stereocenters. The summed E-state index contributed by atoms with van der Waals surface area (Å²) in [6.07, 6.45) is 2.49. The highest BCUT2D eigenvalue weighted by atomic mass is 35.5. The van der Waals surface area contributed by atoms with Gasteiger partial charge >= 0.3 is 0 Å². The summed E-state index contributed by atoms with van der Waals surface area (Å²) in [6.45, 7) is 6.56. The van der Waals surface area contributed by atoms with Crippen LogP contribution >= 0.6 is 24.0 Å². The molecule has 8 heteroatoms. The first-order valence-corrected chi connectivity index (χ1v) is 12.0. The van der Waals surface area contributed by atoms with Gasteiger partial charge in [0, 0.05) is 35.8 Å². The van der Waals surface area contributed by atoms with E-state index in [2.05, 4.69) is 16.4 Å². The fraction of sp³-hybridized carbons (Fsp3) is 0.423. The number of nitrogens with zero attached hydrogens (tertiary/aromatic N) is 3. The van der Waals surface area contributed by atoms with Crippen molar-refractivity contribution in [3.63, 3.8) is 0 Å². The van der Waals surface area contributed by atoms with E-state index in [0.717, 1.165) is 53.4 Å². The zero-order chi connectivity index (χ0) is 23.1. The lowest BCUT2D eigenvalue weighted by Gasteiger charge is -2.30. The van der Waals surface area contributed by atoms with E-state index >= 15 is 0 Å². The number of carbonyl (C=O) groups is 1. The Kier molecular flexibility index (Phi) is 7.31. The van der Waals surface area contributed by atoms with Gasteiger partial charge in [0.25, 0.3) is 5.91 Å². The third-order valence-electron chi connectivity index (χ3n) is 7.05. The summed E-state index contributed by atoms with van der Waals surface area (Å²) in [6, 6.07) is 11.4. The first kappa shape index (κ1) is 24.7. The summed E-state index contributed by atoms with van der Waals surface area (Å²) in [5, 5.41) is 1.60.